The number of aromatic nitrogens is 2. The van der Waals surface area contributed by atoms with Gasteiger partial charge < -0.3 is 14.6 Å². The first kappa shape index (κ1) is 16.1. The summed E-state index contributed by atoms with van der Waals surface area (Å²) in [6, 6.07) is 14.6. The molecular formula is C18H20N2O4. The highest BCUT2D eigenvalue weighted by Crippen LogP contribution is 2.17. The van der Waals surface area contributed by atoms with Crippen LogP contribution in [0.5, 0.6) is 11.5 Å². The summed E-state index contributed by atoms with van der Waals surface area (Å²) in [5, 5.41) is 10.2. The van der Waals surface area contributed by atoms with Crippen LogP contribution in [0.4, 0.5) is 0 Å². The summed E-state index contributed by atoms with van der Waals surface area (Å²) in [6.07, 6.45) is -0.796. The van der Waals surface area contributed by atoms with Gasteiger partial charge in [-0.25, -0.2) is 4.79 Å². The van der Waals surface area contributed by atoms with Crippen molar-refractivity contribution in [2.45, 2.75) is 12.6 Å². The summed E-state index contributed by atoms with van der Waals surface area (Å²) < 4.78 is 13.8. The predicted octanol–water partition coefficient (Wildman–Crippen LogP) is 1.79. The van der Waals surface area contributed by atoms with Crippen molar-refractivity contribution in [3.63, 3.8) is 0 Å². The molecule has 1 N–H and O–H groups in total. The lowest BCUT2D eigenvalue weighted by Crippen LogP contribution is -2.30. The molecule has 3 aromatic rings. The van der Waals surface area contributed by atoms with Crippen molar-refractivity contribution in [3.05, 3.63) is 59.0 Å². The molecule has 0 aliphatic rings. The number of fused-ring (bicyclic) bond motifs is 1. The second-order valence-corrected chi connectivity index (χ2v) is 5.58. The van der Waals surface area contributed by atoms with Crippen LogP contribution < -0.4 is 15.2 Å². The molecule has 6 nitrogen and oxygen atoms in total. The van der Waals surface area contributed by atoms with Gasteiger partial charge in [0.05, 0.1) is 24.7 Å². The number of methoxy groups -OCH3 is 1. The van der Waals surface area contributed by atoms with Crippen molar-refractivity contribution in [3.8, 4) is 11.5 Å². The van der Waals surface area contributed by atoms with Crippen LogP contribution in [0.15, 0.2) is 53.3 Å². The van der Waals surface area contributed by atoms with E-state index in [2.05, 4.69) is 0 Å². The van der Waals surface area contributed by atoms with E-state index in [-0.39, 0.29) is 18.8 Å². The molecule has 1 atom stereocenters. The number of hydrogen-bond donors (Lipinski definition) is 1. The maximum atomic E-state index is 12.3. The zero-order valence-electron chi connectivity index (χ0n) is 13.7. The second kappa shape index (κ2) is 6.80. The minimum atomic E-state index is -0.796. The van der Waals surface area contributed by atoms with Crippen LogP contribution in [0, 0.1) is 0 Å². The van der Waals surface area contributed by atoms with Gasteiger partial charge in [-0.3, -0.25) is 9.13 Å². The van der Waals surface area contributed by atoms with Gasteiger partial charge >= 0.3 is 5.69 Å². The van der Waals surface area contributed by atoms with Crippen molar-refractivity contribution in [2.75, 3.05) is 13.7 Å². The average Bonchev–Trinajstić information content (AvgIpc) is 2.86. The molecule has 0 fully saturated rings. The molecule has 126 valence electrons. The first-order valence-corrected chi connectivity index (χ1v) is 7.69. The van der Waals surface area contributed by atoms with Crippen molar-refractivity contribution in [2.24, 2.45) is 7.05 Å². The van der Waals surface area contributed by atoms with Gasteiger partial charge in [0.25, 0.3) is 0 Å². The third kappa shape index (κ3) is 3.14. The summed E-state index contributed by atoms with van der Waals surface area (Å²) in [7, 11) is 3.32. The first-order valence-electron chi connectivity index (χ1n) is 7.69. The molecular weight excluding hydrogens is 308 g/mol. The Morgan fingerprint density at radius 2 is 1.67 bits per heavy atom. The third-order valence-electron chi connectivity index (χ3n) is 3.95. The molecule has 6 heteroatoms. The number of imidazole rings is 1. The molecule has 0 saturated carbocycles. The molecule has 3 rings (SSSR count). The van der Waals surface area contributed by atoms with Crippen molar-refractivity contribution < 1.29 is 14.6 Å². The van der Waals surface area contributed by atoms with Crippen molar-refractivity contribution >= 4 is 11.0 Å². The zero-order valence-corrected chi connectivity index (χ0v) is 13.7. The van der Waals surface area contributed by atoms with Crippen LogP contribution in [0.3, 0.4) is 0 Å². The van der Waals surface area contributed by atoms with E-state index in [4.69, 9.17) is 9.47 Å². The normalized spacial score (nSPS) is 12.3. The lowest BCUT2D eigenvalue weighted by molar-refractivity contribution is 0.0925. The van der Waals surface area contributed by atoms with E-state index in [9.17, 15) is 9.90 Å². The monoisotopic (exact) mass is 328 g/mol. The van der Waals surface area contributed by atoms with Crippen LogP contribution in [-0.4, -0.2) is 34.1 Å². The van der Waals surface area contributed by atoms with E-state index in [1.54, 1.807) is 47.6 Å². The molecule has 1 aromatic heterocycles. The average molecular weight is 328 g/mol. The Morgan fingerprint density at radius 3 is 2.33 bits per heavy atom. The Labute approximate surface area is 139 Å². The maximum Gasteiger partial charge on any atom is 0.328 e. The number of aliphatic hydroxyl groups is 1. The fourth-order valence-electron chi connectivity index (χ4n) is 2.67. The molecule has 0 saturated heterocycles. The van der Waals surface area contributed by atoms with Gasteiger partial charge in [-0.1, -0.05) is 12.1 Å². The predicted molar refractivity (Wildman–Crippen MR) is 91.7 cm³/mol. The molecule has 0 aliphatic carbocycles. The lowest BCUT2D eigenvalue weighted by Gasteiger charge is -2.13. The molecule has 0 amide bonds. The number of nitrogens with zero attached hydrogens (tertiary/aromatic N) is 2. The molecule has 1 heterocycles. The van der Waals surface area contributed by atoms with E-state index in [0.717, 1.165) is 16.8 Å². The summed E-state index contributed by atoms with van der Waals surface area (Å²) in [4.78, 5) is 12.3. The minimum Gasteiger partial charge on any atom is -0.497 e. The Morgan fingerprint density at radius 1 is 1.04 bits per heavy atom. The number of rotatable bonds is 6. The fourth-order valence-corrected chi connectivity index (χ4v) is 2.67. The van der Waals surface area contributed by atoms with Crippen LogP contribution >= 0.6 is 0 Å². The quantitative estimate of drug-likeness (QED) is 0.749. The molecule has 0 aliphatic heterocycles. The summed E-state index contributed by atoms with van der Waals surface area (Å²) in [6.45, 7) is 0.276. The molecule has 0 bridgehead atoms. The molecule has 0 unspecified atom stereocenters. The first-order chi connectivity index (χ1) is 11.6. The van der Waals surface area contributed by atoms with Crippen LogP contribution in [-0.2, 0) is 13.6 Å². The smallest absolute Gasteiger partial charge is 0.328 e. The Kier molecular flexibility index (Phi) is 4.57. The number of para-hydroxylation sites is 2. The molecule has 0 spiro atoms. The highest BCUT2D eigenvalue weighted by molar-refractivity contribution is 5.75. The largest absolute Gasteiger partial charge is 0.497 e. The summed E-state index contributed by atoms with van der Waals surface area (Å²) in [5.41, 5.74) is 1.49. The molecule has 0 radical (unpaired) electrons. The van der Waals surface area contributed by atoms with Gasteiger partial charge in [0.2, 0.25) is 0 Å². The van der Waals surface area contributed by atoms with Crippen molar-refractivity contribution in [1.29, 1.82) is 0 Å². The number of hydrogen-bond acceptors (Lipinski definition) is 4. The topological polar surface area (TPSA) is 65.6 Å². The highest BCUT2D eigenvalue weighted by atomic mass is 16.5. The minimum absolute atomic E-state index is 0.0992. The molecule has 24 heavy (non-hydrogen) atoms. The fraction of sp³-hybridized carbons (Fsp3) is 0.278. The number of aryl methyl sites for hydroxylation is 1. The van der Waals surface area contributed by atoms with E-state index < -0.39 is 6.10 Å². The van der Waals surface area contributed by atoms with E-state index >= 15 is 0 Å². The zero-order chi connectivity index (χ0) is 17.1. The van der Waals surface area contributed by atoms with Gasteiger partial charge in [-0.05, 0) is 36.4 Å². The van der Waals surface area contributed by atoms with Gasteiger partial charge in [-0.2, -0.15) is 0 Å². The molecule has 2 aromatic carbocycles. The Balaban J connectivity index is 1.70. The van der Waals surface area contributed by atoms with Gasteiger partial charge in [0.1, 0.15) is 24.2 Å². The second-order valence-electron chi connectivity index (χ2n) is 5.58. The van der Waals surface area contributed by atoms with Gasteiger partial charge in [-0.15, -0.1) is 0 Å². The van der Waals surface area contributed by atoms with E-state index in [1.807, 2.05) is 24.3 Å². The number of ether oxygens (including phenoxy) is 2. The van der Waals surface area contributed by atoms with Gasteiger partial charge in [0, 0.05) is 7.05 Å². The standard InChI is InChI=1S/C18H20N2O4/c1-19-16-5-3-4-6-17(16)20(18(19)22)11-13(21)12-24-15-9-7-14(23-2)8-10-15/h3-10,13,21H,11-12H2,1-2H3/t13-/m0/s1. The lowest BCUT2D eigenvalue weighted by atomic mass is 10.3. The van der Waals surface area contributed by atoms with Crippen molar-refractivity contribution in [1.82, 2.24) is 9.13 Å². The number of aliphatic hydroxyl groups excluding tert-OH is 1. The van der Waals surface area contributed by atoms with E-state index in [1.165, 1.54) is 0 Å². The SMILES string of the molecule is COc1ccc(OC[C@@H](O)Cn2c(=O)n(C)c3ccccc32)cc1. The summed E-state index contributed by atoms with van der Waals surface area (Å²) in [5.74, 6) is 1.38. The Bertz CT molecular complexity index is 880. The highest BCUT2D eigenvalue weighted by Gasteiger charge is 2.14. The van der Waals surface area contributed by atoms with Gasteiger partial charge in [0.15, 0.2) is 0 Å². The maximum absolute atomic E-state index is 12.3. The summed E-state index contributed by atoms with van der Waals surface area (Å²) >= 11 is 0. The number of benzene rings is 2. The Hall–Kier alpha value is -2.73. The van der Waals surface area contributed by atoms with Crippen LogP contribution in [0.25, 0.3) is 11.0 Å². The van der Waals surface area contributed by atoms with Crippen LogP contribution in [0.1, 0.15) is 0 Å². The van der Waals surface area contributed by atoms with Crippen LogP contribution in [0.2, 0.25) is 0 Å². The van der Waals surface area contributed by atoms with E-state index in [0.29, 0.717) is 5.75 Å². The third-order valence-corrected chi connectivity index (χ3v) is 3.95.